The van der Waals surface area contributed by atoms with Crippen LogP contribution in [-0.2, 0) is 13.6 Å². The zero-order chi connectivity index (χ0) is 11.4. The molecule has 0 radical (unpaired) electrons. The molecule has 0 aliphatic rings. The molecule has 0 aliphatic heterocycles. The lowest BCUT2D eigenvalue weighted by molar-refractivity contribution is 0.177. The molecule has 0 aromatic carbocycles. The van der Waals surface area contributed by atoms with Crippen molar-refractivity contribution in [3.8, 4) is 0 Å². The first kappa shape index (κ1) is 11.3. The number of hydrogen-bond acceptors (Lipinski definition) is 4. The summed E-state index contributed by atoms with van der Waals surface area (Å²) in [7, 11) is 1.96. The van der Waals surface area contributed by atoms with E-state index in [0.29, 0.717) is 13.1 Å². The van der Waals surface area contributed by atoms with Crippen LogP contribution < -0.4 is 5.32 Å². The largest absolute Gasteiger partial charge is 0.386 e. The van der Waals surface area contributed by atoms with Crippen molar-refractivity contribution in [2.75, 3.05) is 6.54 Å². The SMILES string of the molecule is Cn1ccnc1CNCC(O)c1cccs1. The lowest BCUT2D eigenvalue weighted by Crippen LogP contribution is -2.22. The highest BCUT2D eigenvalue weighted by Gasteiger charge is 2.08. The third-order valence-electron chi connectivity index (χ3n) is 2.41. The van der Waals surface area contributed by atoms with Crippen LogP contribution in [0.4, 0.5) is 0 Å². The van der Waals surface area contributed by atoms with Gasteiger partial charge in [0.05, 0.1) is 6.54 Å². The van der Waals surface area contributed by atoms with Gasteiger partial charge in [-0.15, -0.1) is 11.3 Å². The zero-order valence-electron chi connectivity index (χ0n) is 9.13. The molecule has 2 aromatic rings. The Hall–Kier alpha value is -1.17. The molecule has 0 fully saturated rings. The van der Waals surface area contributed by atoms with Crippen LogP contribution in [0.5, 0.6) is 0 Å². The van der Waals surface area contributed by atoms with E-state index < -0.39 is 6.10 Å². The van der Waals surface area contributed by atoms with E-state index in [9.17, 15) is 5.11 Å². The molecule has 4 nitrogen and oxygen atoms in total. The normalized spacial score (nSPS) is 12.9. The first-order chi connectivity index (χ1) is 7.77. The van der Waals surface area contributed by atoms with Crippen LogP contribution in [0.25, 0.3) is 0 Å². The fourth-order valence-electron chi connectivity index (χ4n) is 1.47. The van der Waals surface area contributed by atoms with E-state index in [-0.39, 0.29) is 0 Å². The van der Waals surface area contributed by atoms with E-state index in [1.54, 1.807) is 17.5 Å². The summed E-state index contributed by atoms with van der Waals surface area (Å²) < 4.78 is 1.96. The van der Waals surface area contributed by atoms with Crippen LogP contribution in [-0.4, -0.2) is 21.2 Å². The minimum Gasteiger partial charge on any atom is -0.386 e. The molecule has 1 atom stereocenters. The lowest BCUT2D eigenvalue weighted by atomic mass is 10.3. The van der Waals surface area contributed by atoms with Crippen LogP contribution in [0.15, 0.2) is 29.9 Å². The van der Waals surface area contributed by atoms with Crippen LogP contribution in [0.1, 0.15) is 16.8 Å². The molecule has 2 aromatic heterocycles. The van der Waals surface area contributed by atoms with Gasteiger partial charge in [-0.2, -0.15) is 0 Å². The van der Waals surface area contributed by atoms with Crippen LogP contribution in [0.3, 0.4) is 0 Å². The molecule has 16 heavy (non-hydrogen) atoms. The minimum atomic E-state index is -0.430. The summed E-state index contributed by atoms with van der Waals surface area (Å²) in [5.74, 6) is 0.971. The zero-order valence-corrected chi connectivity index (χ0v) is 9.94. The molecule has 0 saturated carbocycles. The highest BCUT2D eigenvalue weighted by molar-refractivity contribution is 7.10. The van der Waals surface area contributed by atoms with E-state index in [2.05, 4.69) is 10.3 Å². The van der Waals surface area contributed by atoms with Gasteiger partial charge in [0.25, 0.3) is 0 Å². The van der Waals surface area contributed by atoms with Crippen molar-refractivity contribution >= 4 is 11.3 Å². The van der Waals surface area contributed by atoms with Crippen LogP contribution in [0.2, 0.25) is 0 Å². The number of hydrogen-bond donors (Lipinski definition) is 2. The second kappa shape index (κ2) is 5.25. The third kappa shape index (κ3) is 2.69. The van der Waals surface area contributed by atoms with E-state index in [1.807, 2.05) is 35.3 Å². The van der Waals surface area contributed by atoms with Crippen molar-refractivity contribution in [2.45, 2.75) is 12.6 Å². The topological polar surface area (TPSA) is 50.1 Å². The summed E-state index contributed by atoms with van der Waals surface area (Å²) in [6.45, 7) is 1.22. The Labute approximate surface area is 98.6 Å². The van der Waals surface area contributed by atoms with Crippen molar-refractivity contribution in [3.05, 3.63) is 40.6 Å². The molecule has 0 amide bonds. The van der Waals surface area contributed by atoms with Crippen molar-refractivity contribution in [2.24, 2.45) is 7.05 Å². The van der Waals surface area contributed by atoms with Gasteiger partial charge >= 0.3 is 0 Å². The predicted octanol–water partition coefficient (Wildman–Crippen LogP) is 1.30. The predicted molar refractivity (Wildman–Crippen MR) is 64.2 cm³/mol. The molecule has 0 saturated heterocycles. The smallest absolute Gasteiger partial charge is 0.122 e. The van der Waals surface area contributed by atoms with Gasteiger partial charge in [0.15, 0.2) is 0 Å². The van der Waals surface area contributed by atoms with Gasteiger partial charge in [-0.3, -0.25) is 0 Å². The van der Waals surface area contributed by atoms with Gasteiger partial charge in [-0.25, -0.2) is 4.98 Å². The molecule has 2 heterocycles. The van der Waals surface area contributed by atoms with Crippen LogP contribution in [0, 0.1) is 0 Å². The number of nitrogens with zero attached hydrogens (tertiary/aromatic N) is 2. The Morgan fingerprint density at radius 3 is 3.12 bits per heavy atom. The van der Waals surface area contributed by atoms with Gasteiger partial charge < -0.3 is 15.0 Å². The number of aromatic nitrogens is 2. The molecule has 0 aliphatic carbocycles. The molecule has 5 heteroatoms. The first-order valence-electron chi connectivity index (χ1n) is 5.16. The standard InChI is InChI=1S/C11H15N3OS/c1-14-5-4-13-11(14)8-12-7-9(15)10-3-2-6-16-10/h2-6,9,12,15H,7-8H2,1H3. The Kier molecular flexibility index (Phi) is 3.71. The molecule has 1 unspecified atom stereocenters. The molecule has 2 N–H and O–H groups in total. The van der Waals surface area contributed by atoms with Gasteiger partial charge in [-0.05, 0) is 11.4 Å². The van der Waals surface area contributed by atoms with Gasteiger partial charge in [0.1, 0.15) is 11.9 Å². The summed E-state index contributed by atoms with van der Waals surface area (Å²) >= 11 is 1.57. The molecular formula is C11H15N3OS. The monoisotopic (exact) mass is 237 g/mol. The molecule has 0 bridgehead atoms. The third-order valence-corrected chi connectivity index (χ3v) is 3.39. The van der Waals surface area contributed by atoms with Crippen LogP contribution >= 0.6 is 11.3 Å². The van der Waals surface area contributed by atoms with Gasteiger partial charge in [0, 0.05) is 30.9 Å². The number of aryl methyl sites for hydroxylation is 1. The summed E-state index contributed by atoms with van der Waals surface area (Å²) in [5.41, 5.74) is 0. The summed E-state index contributed by atoms with van der Waals surface area (Å²) in [6, 6.07) is 3.89. The van der Waals surface area contributed by atoms with Gasteiger partial charge in [-0.1, -0.05) is 6.07 Å². The van der Waals surface area contributed by atoms with E-state index in [1.165, 1.54) is 0 Å². The summed E-state index contributed by atoms with van der Waals surface area (Å²) in [6.07, 6.45) is 3.25. The molecule has 2 rings (SSSR count). The second-order valence-corrected chi connectivity index (χ2v) is 4.60. The number of imidazole rings is 1. The van der Waals surface area contributed by atoms with E-state index >= 15 is 0 Å². The fourth-order valence-corrected chi connectivity index (χ4v) is 2.18. The first-order valence-corrected chi connectivity index (χ1v) is 6.03. The Balaban J connectivity index is 1.78. The average Bonchev–Trinajstić information content (AvgIpc) is 2.90. The number of rotatable bonds is 5. The summed E-state index contributed by atoms with van der Waals surface area (Å²) in [4.78, 5) is 5.19. The van der Waals surface area contributed by atoms with Crippen molar-refractivity contribution in [1.29, 1.82) is 0 Å². The number of nitrogens with one attached hydrogen (secondary N) is 1. The second-order valence-electron chi connectivity index (χ2n) is 3.62. The average molecular weight is 237 g/mol. The van der Waals surface area contributed by atoms with Gasteiger partial charge in [0.2, 0.25) is 0 Å². The highest BCUT2D eigenvalue weighted by atomic mass is 32.1. The number of aliphatic hydroxyl groups is 1. The van der Waals surface area contributed by atoms with Crippen molar-refractivity contribution in [3.63, 3.8) is 0 Å². The lowest BCUT2D eigenvalue weighted by Gasteiger charge is -2.09. The minimum absolute atomic E-state index is 0.430. The maximum Gasteiger partial charge on any atom is 0.122 e. The number of aliphatic hydroxyl groups excluding tert-OH is 1. The molecule has 0 spiro atoms. The molecular weight excluding hydrogens is 222 g/mol. The van der Waals surface area contributed by atoms with E-state index in [4.69, 9.17) is 0 Å². The maximum atomic E-state index is 9.83. The highest BCUT2D eigenvalue weighted by Crippen LogP contribution is 2.17. The molecule has 86 valence electrons. The fraction of sp³-hybridized carbons (Fsp3) is 0.364. The quantitative estimate of drug-likeness (QED) is 0.824. The Bertz CT molecular complexity index is 424. The van der Waals surface area contributed by atoms with Crippen molar-refractivity contribution in [1.82, 2.24) is 14.9 Å². The Morgan fingerprint density at radius 1 is 1.62 bits per heavy atom. The number of thiophene rings is 1. The maximum absolute atomic E-state index is 9.83. The van der Waals surface area contributed by atoms with Crippen molar-refractivity contribution < 1.29 is 5.11 Å². The Morgan fingerprint density at radius 2 is 2.50 bits per heavy atom. The summed E-state index contributed by atoms with van der Waals surface area (Å²) in [5, 5.41) is 15.0. The van der Waals surface area contributed by atoms with E-state index in [0.717, 1.165) is 10.7 Å².